The van der Waals surface area contributed by atoms with Gasteiger partial charge < -0.3 is 15.3 Å². The zero-order valence-electron chi connectivity index (χ0n) is 10.4. The van der Waals surface area contributed by atoms with Crippen molar-refractivity contribution in [1.82, 2.24) is 10.2 Å². The Morgan fingerprint density at radius 1 is 1.47 bits per heavy atom. The van der Waals surface area contributed by atoms with E-state index in [1.165, 1.54) is 19.4 Å². The molecule has 1 aliphatic heterocycles. The van der Waals surface area contributed by atoms with Gasteiger partial charge in [-0.1, -0.05) is 13.8 Å². The molecule has 0 aromatic carbocycles. The van der Waals surface area contributed by atoms with Crippen LogP contribution in [-0.4, -0.2) is 48.8 Å². The Bertz CT molecular complexity index is 169. The lowest BCUT2D eigenvalue weighted by Crippen LogP contribution is -2.38. The van der Waals surface area contributed by atoms with E-state index >= 15 is 0 Å². The molecule has 2 N–H and O–H groups in total. The van der Waals surface area contributed by atoms with E-state index in [9.17, 15) is 0 Å². The molecular weight excluding hydrogens is 188 g/mol. The zero-order valence-corrected chi connectivity index (χ0v) is 10.4. The van der Waals surface area contributed by atoms with Crippen molar-refractivity contribution in [2.24, 2.45) is 5.92 Å². The maximum Gasteiger partial charge on any atom is 0.0585 e. The maximum absolute atomic E-state index is 9.09. The molecule has 0 aromatic heterocycles. The normalized spacial score (nSPS) is 25.0. The molecule has 0 saturated carbocycles. The first-order valence-corrected chi connectivity index (χ1v) is 6.21. The smallest absolute Gasteiger partial charge is 0.0585 e. The summed E-state index contributed by atoms with van der Waals surface area (Å²) in [6.45, 7) is 7.23. The van der Waals surface area contributed by atoms with E-state index in [4.69, 9.17) is 5.11 Å². The quantitative estimate of drug-likeness (QED) is 0.694. The Morgan fingerprint density at radius 2 is 2.20 bits per heavy atom. The SMILES string of the molecule is CNC(CO)CCN1CCCC1C(C)C. The van der Waals surface area contributed by atoms with Crippen molar-refractivity contribution in [2.45, 2.75) is 45.2 Å². The van der Waals surface area contributed by atoms with Gasteiger partial charge >= 0.3 is 0 Å². The molecule has 1 aliphatic rings. The fraction of sp³-hybridized carbons (Fsp3) is 1.00. The summed E-state index contributed by atoms with van der Waals surface area (Å²) in [4.78, 5) is 2.59. The fourth-order valence-corrected chi connectivity index (χ4v) is 2.53. The third-order valence-corrected chi connectivity index (χ3v) is 3.58. The van der Waals surface area contributed by atoms with Crippen LogP contribution in [0.1, 0.15) is 33.1 Å². The third-order valence-electron chi connectivity index (χ3n) is 3.58. The Balaban J connectivity index is 2.30. The molecule has 0 bridgehead atoms. The van der Waals surface area contributed by atoms with Crippen molar-refractivity contribution in [2.75, 3.05) is 26.7 Å². The predicted molar refractivity (Wildman–Crippen MR) is 64.0 cm³/mol. The van der Waals surface area contributed by atoms with Crippen LogP contribution in [0.2, 0.25) is 0 Å². The second-order valence-corrected chi connectivity index (χ2v) is 4.95. The summed E-state index contributed by atoms with van der Waals surface area (Å²) in [7, 11) is 1.92. The number of rotatable bonds is 6. The summed E-state index contributed by atoms with van der Waals surface area (Å²) in [6, 6.07) is 1.03. The molecule has 1 heterocycles. The summed E-state index contributed by atoms with van der Waals surface area (Å²) >= 11 is 0. The number of likely N-dealkylation sites (N-methyl/N-ethyl adjacent to an activating group) is 1. The van der Waals surface area contributed by atoms with Crippen molar-refractivity contribution < 1.29 is 5.11 Å². The summed E-state index contributed by atoms with van der Waals surface area (Å²) in [6.07, 6.45) is 3.74. The van der Waals surface area contributed by atoms with E-state index in [1.807, 2.05) is 7.05 Å². The van der Waals surface area contributed by atoms with Crippen LogP contribution >= 0.6 is 0 Å². The largest absolute Gasteiger partial charge is 0.395 e. The lowest BCUT2D eigenvalue weighted by molar-refractivity contribution is 0.179. The number of hydrogen-bond donors (Lipinski definition) is 2. The molecule has 0 radical (unpaired) electrons. The van der Waals surface area contributed by atoms with Crippen LogP contribution in [0.15, 0.2) is 0 Å². The Hall–Kier alpha value is -0.120. The molecule has 2 atom stereocenters. The average molecular weight is 214 g/mol. The molecule has 3 nitrogen and oxygen atoms in total. The van der Waals surface area contributed by atoms with Crippen LogP contribution in [0.5, 0.6) is 0 Å². The van der Waals surface area contributed by atoms with Crippen LogP contribution in [-0.2, 0) is 0 Å². The van der Waals surface area contributed by atoms with Gasteiger partial charge in [-0.2, -0.15) is 0 Å². The Labute approximate surface area is 93.9 Å². The first kappa shape index (κ1) is 12.9. The molecule has 0 aliphatic carbocycles. The van der Waals surface area contributed by atoms with Crippen molar-refractivity contribution in [1.29, 1.82) is 0 Å². The van der Waals surface area contributed by atoms with Gasteiger partial charge in [-0.25, -0.2) is 0 Å². The molecule has 1 saturated heterocycles. The van der Waals surface area contributed by atoms with Gasteiger partial charge in [0.2, 0.25) is 0 Å². The highest BCUT2D eigenvalue weighted by atomic mass is 16.3. The van der Waals surface area contributed by atoms with Gasteiger partial charge in [0, 0.05) is 18.6 Å². The van der Waals surface area contributed by atoms with Crippen LogP contribution in [0, 0.1) is 5.92 Å². The number of nitrogens with one attached hydrogen (secondary N) is 1. The molecule has 2 unspecified atom stereocenters. The van der Waals surface area contributed by atoms with Gasteiger partial charge in [0.25, 0.3) is 0 Å². The molecule has 0 aromatic rings. The molecule has 90 valence electrons. The first-order chi connectivity index (χ1) is 7.19. The standard InChI is InChI=1S/C12H26N2O/c1-10(2)12-5-4-7-14(12)8-6-11(9-15)13-3/h10-13,15H,4-9H2,1-3H3. The summed E-state index contributed by atoms with van der Waals surface area (Å²) < 4.78 is 0. The topological polar surface area (TPSA) is 35.5 Å². The van der Waals surface area contributed by atoms with Crippen LogP contribution in [0.4, 0.5) is 0 Å². The number of nitrogens with zero attached hydrogens (tertiary/aromatic N) is 1. The van der Waals surface area contributed by atoms with Gasteiger partial charge in [-0.05, 0) is 38.8 Å². The first-order valence-electron chi connectivity index (χ1n) is 6.21. The second-order valence-electron chi connectivity index (χ2n) is 4.95. The minimum absolute atomic E-state index is 0.247. The minimum Gasteiger partial charge on any atom is -0.395 e. The van der Waals surface area contributed by atoms with Crippen molar-refractivity contribution in [3.63, 3.8) is 0 Å². The highest BCUT2D eigenvalue weighted by Gasteiger charge is 2.26. The zero-order chi connectivity index (χ0) is 11.3. The van der Waals surface area contributed by atoms with Gasteiger partial charge in [-0.15, -0.1) is 0 Å². The number of aliphatic hydroxyl groups excluding tert-OH is 1. The highest BCUT2D eigenvalue weighted by molar-refractivity contribution is 4.82. The predicted octanol–water partition coefficient (Wildman–Crippen LogP) is 1.08. The van der Waals surface area contributed by atoms with E-state index < -0.39 is 0 Å². The van der Waals surface area contributed by atoms with Crippen LogP contribution in [0.3, 0.4) is 0 Å². The van der Waals surface area contributed by atoms with Gasteiger partial charge in [0.1, 0.15) is 0 Å². The lowest BCUT2D eigenvalue weighted by Gasteiger charge is -2.28. The van der Waals surface area contributed by atoms with Crippen molar-refractivity contribution in [3.8, 4) is 0 Å². The summed E-state index contributed by atoms with van der Waals surface area (Å²) in [5, 5.41) is 12.2. The molecular formula is C12H26N2O. The van der Waals surface area contributed by atoms with Gasteiger partial charge in [0.15, 0.2) is 0 Å². The number of aliphatic hydroxyl groups is 1. The molecule has 0 spiro atoms. The molecule has 15 heavy (non-hydrogen) atoms. The summed E-state index contributed by atoms with van der Waals surface area (Å²) in [5.41, 5.74) is 0. The van der Waals surface area contributed by atoms with Crippen molar-refractivity contribution >= 4 is 0 Å². The Morgan fingerprint density at radius 3 is 2.73 bits per heavy atom. The average Bonchev–Trinajstić information content (AvgIpc) is 2.67. The fourth-order valence-electron chi connectivity index (χ4n) is 2.53. The van der Waals surface area contributed by atoms with Gasteiger partial charge in [-0.3, -0.25) is 0 Å². The molecule has 1 rings (SSSR count). The van der Waals surface area contributed by atoms with E-state index in [1.54, 1.807) is 0 Å². The maximum atomic E-state index is 9.09. The van der Waals surface area contributed by atoms with Crippen LogP contribution in [0.25, 0.3) is 0 Å². The minimum atomic E-state index is 0.247. The second kappa shape index (κ2) is 6.46. The number of likely N-dealkylation sites (tertiary alicyclic amines) is 1. The molecule has 1 fully saturated rings. The van der Waals surface area contributed by atoms with E-state index in [-0.39, 0.29) is 12.6 Å². The highest BCUT2D eigenvalue weighted by Crippen LogP contribution is 2.23. The van der Waals surface area contributed by atoms with E-state index in [0.29, 0.717) is 0 Å². The summed E-state index contributed by atoms with van der Waals surface area (Å²) in [5.74, 6) is 0.759. The number of hydrogen-bond acceptors (Lipinski definition) is 3. The van der Waals surface area contributed by atoms with E-state index in [2.05, 4.69) is 24.1 Å². The van der Waals surface area contributed by atoms with Gasteiger partial charge in [0.05, 0.1) is 6.61 Å². The molecule has 0 amide bonds. The van der Waals surface area contributed by atoms with E-state index in [0.717, 1.165) is 24.9 Å². The third kappa shape index (κ3) is 3.74. The lowest BCUT2D eigenvalue weighted by atomic mass is 10.0. The Kier molecular flexibility index (Phi) is 5.58. The van der Waals surface area contributed by atoms with Crippen LogP contribution < -0.4 is 5.32 Å². The van der Waals surface area contributed by atoms with Crippen molar-refractivity contribution in [3.05, 3.63) is 0 Å². The monoisotopic (exact) mass is 214 g/mol. The molecule has 3 heteroatoms.